The highest BCUT2D eigenvalue weighted by Crippen LogP contribution is 2.21. The van der Waals surface area contributed by atoms with Crippen LogP contribution in [0.1, 0.15) is 16.8 Å². The summed E-state index contributed by atoms with van der Waals surface area (Å²) >= 11 is 5.68. The van der Waals surface area contributed by atoms with Crippen LogP contribution in [0.15, 0.2) is 12.5 Å². The highest BCUT2D eigenvalue weighted by Gasteiger charge is 2.11. The zero-order chi connectivity index (χ0) is 8.97. The van der Waals surface area contributed by atoms with Gasteiger partial charge in [-0.3, -0.25) is 4.79 Å². The maximum atomic E-state index is 9.95. The SMILES string of the molecule is Cc1ncncc1C(Cl)OC=O. The fourth-order valence-electron chi connectivity index (χ4n) is 0.746. The molecule has 0 saturated heterocycles. The number of alkyl halides is 1. The van der Waals surface area contributed by atoms with E-state index in [1.54, 1.807) is 6.92 Å². The maximum Gasteiger partial charge on any atom is 0.294 e. The number of carbonyl (C=O) groups is 1. The van der Waals surface area contributed by atoms with Crippen LogP contribution in [0.25, 0.3) is 0 Å². The van der Waals surface area contributed by atoms with Gasteiger partial charge in [-0.25, -0.2) is 9.97 Å². The third kappa shape index (κ3) is 1.92. The Morgan fingerprint density at radius 3 is 3.08 bits per heavy atom. The van der Waals surface area contributed by atoms with Crippen LogP contribution < -0.4 is 0 Å². The van der Waals surface area contributed by atoms with Crippen LogP contribution in [0, 0.1) is 6.92 Å². The Kier molecular flexibility index (Phi) is 2.99. The van der Waals surface area contributed by atoms with E-state index in [2.05, 4.69) is 14.7 Å². The van der Waals surface area contributed by atoms with E-state index in [0.717, 1.165) is 0 Å². The molecule has 64 valence electrons. The van der Waals surface area contributed by atoms with Gasteiger partial charge in [-0.2, -0.15) is 0 Å². The summed E-state index contributed by atoms with van der Waals surface area (Å²) in [6, 6.07) is 0. The van der Waals surface area contributed by atoms with Crippen molar-refractivity contribution in [1.29, 1.82) is 0 Å². The quantitative estimate of drug-likeness (QED) is 0.526. The topological polar surface area (TPSA) is 52.1 Å². The average Bonchev–Trinajstić information content (AvgIpc) is 2.05. The summed E-state index contributed by atoms with van der Waals surface area (Å²) in [5.74, 6) is 0. The molecule has 5 heteroatoms. The summed E-state index contributed by atoms with van der Waals surface area (Å²) in [4.78, 5) is 17.6. The van der Waals surface area contributed by atoms with Gasteiger partial charge in [0, 0.05) is 17.5 Å². The van der Waals surface area contributed by atoms with Gasteiger partial charge in [0.1, 0.15) is 6.33 Å². The molecule has 0 fully saturated rings. The molecule has 1 aromatic heterocycles. The Labute approximate surface area is 74.5 Å². The van der Waals surface area contributed by atoms with Crippen molar-refractivity contribution in [3.63, 3.8) is 0 Å². The van der Waals surface area contributed by atoms with Crippen molar-refractivity contribution in [2.45, 2.75) is 12.5 Å². The molecule has 0 amide bonds. The van der Waals surface area contributed by atoms with Crippen LogP contribution >= 0.6 is 11.6 Å². The first kappa shape index (κ1) is 8.93. The molecule has 0 saturated carbocycles. The van der Waals surface area contributed by atoms with Crippen LogP contribution in [-0.2, 0) is 9.53 Å². The second-order valence-electron chi connectivity index (χ2n) is 2.11. The van der Waals surface area contributed by atoms with Crippen molar-refractivity contribution in [3.8, 4) is 0 Å². The lowest BCUT2D eigenvalue weighted by molar-refractivity contribution is -0.130. The molecule has 12 heavy (non-hydrogen) atoms. The molecular formula is C7H7ClN2O2. The number of nitrogens with zero attached hydrogens (tertiary/aromatic N) is 2. The Morgan fingerprint density at radius 1 is 1.75 bits per heavy atom. The second kappa shape index (κ2) is 4.01. The van der Waals surface area contributed by atoms with Gasteiger partial charge in [0.05, 0.1) is 0 Å². The molecule has 0 aromatic carbocycles. The van der Waals surface area contributed by atoms with Crippen LogP contribution in [0.2, 0.25) is 0 Å². The van der Waals surface area contributed by atoms with E-state index in [-0.39, 0.29) is 0 Å². The third-order valence-corrected chi connectivity index (χ3v) is 1.71. The largest absolute Gasteiger partial charge is 0.443 e. The summed E-state index contributed by atoms with van der Waals surface area (Å²) in [5, 5.41) is 0. The van der Waals surface area contributed by atoms with Crippen LogP contribution in [0.5, 0.6) is 0 Å². The molecular weight excluding hydrogens is 180 g/mol. The summed E-state index contributed by atoms with van der Waals surface area (Å²) in [5.41, 5.74) is 0.502. The predicted octanol–water partition coefficient (Wildman–Crippen LogP) is 1.20. The van der Waals surface area contributed by atoms with Gasteiger partial charge in [0.2, 0.25) is 5.56 Å². The lowest BCUT2D eigenvalue weighted by Crippen LogP contribution is -2.00. The molecule has 0 aliphatic carbocycles. The number of hydrogen-bond acceptors (Lipinski definition) is 4. The monoisotopic (exact) mass is 186 g/mol. The molecule has 0 bridgehead atoms. The standard InChI is InChI=1S/C7H7ClN2O2/c1-5-6(2-9-3-10-5)7(8)12-4-11/h2-4,7H,1H3. The normalized spacial score (nSPS) is 12.2. The summed E-state index contributed by atoms with van der Waals surface area (Å²) < 4.78 is 4.51. The molecule has 1 rings (SSSR count). The number of carbonyl (C=O) groups excluding carboxylic acids is 1. The van der Waals surface area contributed by atoms with Crippen LogP contribution in [-0.4, -0.2) is 16.4 Å². The highest BCUT2D eigenvalue weighted by atomic mass is 35.5. The van der Waals surface area contributed by atoms with E-state index < -0.39 is 5.56 Å². The fraction of sp³-hybridized carbons (Fsp3) is 0.286. The average molecular weight is 187 g/mol. The van der Waals surface area contributed by atoms with E-state index >= 15 is 0 Å². The van der Waals surface area contributed by atoms with Crippen molar-refractivity contribution in [3.05, 3.63) is 23.8 Å². The Balaban J connectivity index is 2.86. The summed E-state index contributed by atoms with van der Waals surface area (Å²) in [6.07, 6.45) is 2.92. The minimum atomic E-state index is -0.802. The number of ether oxygens (including phenoxy) is 1. The Morgan fingerprint density at radius 2 is 2.50 bits per heavy atom. The number of halogens is 1. The minimum absolute atomic E-state index is 0.296. The first-order valence-electron chi connectivity index (χ1n) is 3.25. The zero-order valence-electron chi connectivity index (χ0n) is 6.40. The third-order valence-electron chi connectivity index (χ3n) is 1.37. The van der Waals surface area contributed by atoms with E-state index in [1.165, 1.54) is 12.5 Å². The van der Waals surface area contributed by atoms with E-state index in [4.69, 9.17) is 11.6 Å². The van der Waals surface area contributed by atoms with Crippen molar-refractivity contribution in [2.75, 3.05) is 0 Å². The van der Waals surface area contributed by atoms with Gasteiger partial charge >= 0.3 is 0 Å². The van der Waals surface area contributed by atoms with E-state index in [9.17, 15) is 4.79 Å². The number of aromatic nitrogens is 2. The van der Waals surface area contributed by atoms with E-state index in [1.807, 2.05) is 0 Å². The molecule has 0 N–H and O–H groups in total. The Hall–Kier alpha value is -1.16. The number of aryl methyl sites for hydroxylation is 1. The van der Waals surface area contributed by atoms with Crippen molar-refractivity contribution in [1.82, 2.24) is 9.97 Å². The maximum absolute atomic E-state index is 9.95. The van der Waals surface area contributed by atoms with Crippen molar-refractivity contribution in [2.24, 2.45) is 0 Å². The lowest BCUT2D eigenvalue weighted by Gasteiger charge is -2.07. The van der Waals surface area contributed by atoms with Gasteiger partial charge in [-0.05, 0) is 6.92 Å². The molecule has 1 unspecified atom stereocenters. The first-order valence-corrected chi connectivity index (χ1v) is 3.69. The molecule has 0 aliphatic heterocycles. The molecule has 4 nitrogen and oxygen atoms in total. The molecule has 1 atom stereocenters. The molecule has 1 heterocycles. The van der Waals surface area contributed by atoms with Crippen molar-refractivity contribution >= 4 is 18.1 Å². The summed E-state index contributed by atoms with van der Waals surface area (Å²) in [7, 11) is 0. The molecule has 0 spiro atoms. The van der Waals surface area contributed by atoms with E-state index in [0.29, 0.717) is 17.7 Å². The minimum Gasteiger partial charge on any atom is -0.443 e. The van der Waals surface area contributed by atoms with Crippen LogP contribution in [0.4, 0.5) is 0 Å². The number of hydrogen-bond donors (Lipinski definition) is 0. The first-order chi connectivity index (χ1) is 5.75. The second-order valence-corrected chi connectivity index (χ2v) is 2.51. The van der Waals surface area contributed by atoms with Gasteiger partial charge < -0.3 is 4.74 Å². The predicted molar refractivity (Wildman–Crippen MR) is 42.5 cm³/mol. The van der Waals surface area contributed by atoms with Gasteiger partial charge in [0.15, 0.2) is 0 Å². The van der Waals surface area contributed by atoms with Gasteiger partial charge in [-0.1, -0.05) is 11.6 Å². The van der Waals surface area contributed by atoms with Gasteiger partial charge in [0.25, 0.3) is 6.47 Å². The summed E-state index contributed by atoms with van der Waals surface area (Å²) in [6.45, 7) is 2.06. The van der Waals surface area contributed by atoms with Gasteiger partial charge in [-0.15, -0.1) is 0 Å². The lowest BCUT2D eigenvalue weighted by atomic mass is 10.2. The fourth-order valence-corrected chi connectivity index (χ4v) is 1.00. The molecule has 0 aliphatic rings. The van der Waals surface area contributed by atoms with Crippen LogP contribution in [0.3, 0.4) is 0 Å². The Bertz CT molecular complexity index is 280. The highest BCUT2D eigenvalue weighted by molar-refractivity contribution is 6.20. The van der Waals surface area contributed by atoms with Crippen molar-refractivity contribution < 1.29 is 9.53 Å². The number of rotatable bonds is 3. The molecule has 1 aromatic rings. The zero-order valence-corrected chi connectivity index (χ0v) is 7.15. The molecule has 0 radical (unpaired) electrons. The smallest absolute Gasteiger partial charge is 0.294 e.